The van der Waals surface area contributed by atoms with Gasteiger partial charge in [-0.25, -0.2) is 4.79 Å². The molecule has 2 atom stereocenters. The molecule has 3 aliphatic heterocycles. The zero-order chi connectivity index (χ0) is 26.4. The number of fused-ring (bicyclic) bond motifs is 2. The fraction of sp³-hybridized carbons (Fsp3) is 0.296. The standard InChI is InChI=1S/C27H24N4O6S/c32-24-18-5-1-2-6-19(18)25(33)31(24)14-20-23-16(8-11-30(20)27(35)36)4-3-7-21(23)37-17-9-10-29(13-17)26(34)22-12-28-15-38-22/h1-7,12,15,17,20H,8-11,13-14H2,(H,35,36)/t17-,20?/m0/s1. The van der Waals surface area contributed by atoms with Gasteiger partial charge in [-0.2, -0.15) is 0 Å². The second-order valence-corrected chi connectivity index (χ2v) is 10.4. The minimum atomic E-state index is -1.13. The van der Waals surface area contributed by atoms with Crippen LogP contribution in [0.5, 0.6) is 5.75 Å². The van der Waals surface area contributed by atoms with E-state index in [1.165, 1.54) is 16.2 Å². The monoisotopic (exact) mass is 532 g/mol. The molecule has 4 heterocycles. The van der Waals surface area contributed by atoms with Crippen LogP contribution in [0.15, 0.2) is 54.2 Å². The number of thiazole rings is 1. The molecule has 1 saturated heterocycles. The maximum Gasteiger partial charge on any atom is 0.407 e. The van der Waals surface area contributed by atoms with Crippen molar-refractivity contribution in [3.63, 3.8) is 0 Å². The summed E-state index contributed by atoms with van der Waals surface area (Å²) >= 11 is 1.29. The van der Waals surface area contributed by atoms with E-state index in [0.29, 0.717) is 53.2 Å². The number of ether oxygens (including phenoxy) is 1. The van der Waals surface area contributed by atoms with Gasteiger partial charge in [0, 0.05) is 25.1 Å². The number of carbonyl (C=O) groups is 4. The molecule has 0 saturated carbocycles. The summed E-state index contributed by atoms with van der Waals surface area (Å²) in [5.41, 5.74) is 3.83. The molecule has 1 fully saturated rings. The Morgan fingerprint density at radius 3 is 2.50 bits per heavy atom. The third kappa shape index (κ3) is 4.08. The first kappa shape index (κ1) is 24.1. The van der Waals surface area contributed by atoms with Crippen LogP contribution in [0.3, 0.4) is 0 Å². The summed E-state index contributed by atoms with van der Waals surface area (Å²) in [6.45, 7) is 1.05. The summed E-state index contributed by atoms with van der Waals surface area (Å²) < 4.78 is 6.40. The molecule has 1 unspecified atom stereocenters. The van der Waals surface area contributed by atoms with Crippen LogP contribution in [0.1, 0.15) is 54.0 Å². The lowest BCUT2D eigenvalue weighted by Gasteiger charge is -2.38. The Labute approximate surface area is 222 Å². The van der Waals surface area contributed by atoms with Gasteiger partial charge in [-0.1, -0.05) is 24.3 Å². The molecule has 6 rings (SSSR count). The van der Waals surface area contributed by atoms with Crippen molar-refractivity contribution in [1.82, 2.24) is 19.7 Å². The number of carbonyl (C=O) groups excluding carboxylic acids is 3. The third-order valence-electron chi connectivity index (χ3n) is 7.34. The minimum Gasteiger partial charge on any atom is -0.488 e. The maximum absolute atomic E-state index is 13.1. The van der Waals surface area contributed by atoms with Gasteiger partial charge < -0.3 is 14.7 Å². The molecule has 1 N–H and O–H groups in total. The molecule has 11 heteroatoms. The van der Waals surface area contributed by atoms with E-state index in [9.17, 15) is 24.3 Å². The van der Waals surface area contributed by atoms with Crippen molar-refractivity contribution < 1.29 is 29.0 Å². The quantitative estimate of drug-likeness (QED) is 0.501. The van der Waals surface area contributed by atoms with Gasteiger partial charge in [0.05, 0.1) is 42.0 Å². The highest BCUT2D eigenvalue weighted by molar-refractivity contribution is 7.11. The average molecular weight is 533 g/mol. The predicted octanol–water partition coefficient (Wildman–Crippen LogP) is 3.31. The summed E-state index contributed by atoms with van der Waals surface area (Å²) in [7, 11) is 0. The number of rotatable bonds is 5. The van der Waals surface area contributed by atoms with Crippen LogP contribution in [0, 0.1) is 0 Å². The Kier molecular flexibility index (Phi) is 6.07. The summed E-state index contributed by atoms with van der Waals surface area (Å²) in [5, 5.41) is 10.0. The largest absolute Gasteiger partial charge is 0.488 e. The molecule has 3 aliphatic rings. The molecule has 194 valence electrons. The molecule has 0 spiro atoms. The number of amides is 4. The van der Waals surface area contributed by atoms with Crippen LogP contribution >= 0.6 is 11.3 Å². The lowest BCUT2D eigenvalue weighted by Crippen LogP contribution is -2.46. The molecule has 3 aromatic rings. The minimum absolute atomic E-state index is 0.0887. The van der Waals surface area contributed by atoms with Gasteiger partial charge in [-0.05, 0) is 30.2 Å². The van der Waals surface area contributed by atoms with Gasteiger partial charge >= 0.3 is 6.09 Å². The first-order chi connectivity index (χ1) is 18.4. The molecule has 2 aromatic carbocycles. The molecule has 1 aromatic heterocycles. The van der Waals surface area contributed by atoms with Gasteiger partial charge in [-0.3, -0.25) is 29.2 Å². The van der Waals surface area contributed by atoms with Crippen molar-refractivity contribution >= 4 is 35.2 Å². The lowest BCUT2D eigenvalue weighted by atomic mass is 9.91. The Morgan fingerprint density at radius 1 is 1.05 bits per heavy atom. The van der Waals surface area contributed by atoms with Crippen molar-refractivity contribution in [2.75, 3.05) is 26.2 Å². The normalized spacial score (nSPS) is 20.5. The zero-order valence-corrected chi connectivity index (χ0v) is 21.1. The van der Waals surface area contributed by atoms with Crippen LogP contribution in [-0.4, -0.2) is 80.9 Å². The Morgan fingerprint density at radius 2 is 1.82 bits per heavy atom. The molecule has 4 amide bonds. The van der Waals surface area contributed by atoms with Gasteiger partial charge in [0.2, 0.25) is 0 Å². The van der Waals surface area contributed by atoms with Crippen LogP contribution < -0.4 is 4.74 Å². The van der Waals surface area contributed by atoms with E-state index in [-0.39, 0.29) is 25.1 Å². The fourth-order valence-electron chi connectivity index (χ4n) is 5.50. The van der Waals surface area contributed by atoms with Gasteiger partial charge in [0.1, 0.15) is 16.7 Å². The maximum atomic E-state index is 13.1. The van der Waals surface area contributed by atoms with E-state index in [4.69, 9.17) is 4.74 Å². The molecule has 0 radical (unpaired) electrons. The SMILES string of the molecule is O=C(c1cncs1)N1CC[C@H](Oc2cccc3c2C(CN2C(=O)c4ccccc4C2=O)N(C(=O)O)CC3)C1. The van der Waals surface area contributed by atoms with E-state index >= 15 is 0 Å². The van der Waals surface area contributed by atoms with E-state index in [0.717, 1.165) is 10.5 Å². The number of hydrogen-bond acceptors (Lipinski definition) is 7. The number of likely N-dealkylation sites (tertiary alicyclic amines) is 1. The molecule has 0 bridgehead atoms. The van der Waals surface area contributed by atoms with Crippen LogP contribution in [-0.2, 0) is 6.42 Å². The third-order valence-corrected chi connectivity index (χ3v) is 8.10. The molecular weight excluding hydrogens is 508 g/mol. The lowest BCUT2D eigenvalue weighted by molar-refractivity contribution is 0.0564. The van der Waals surface area contributed by atoms with Crippen molar-refractivity contribution in [1.29, 1.82) is 0 Å². The smallest absolute Gasteiger partial charge is 0.407 e. The fourth-order valence-corrected chi connectivity index (χ4v) is 6.09. The Hall–Kier alpha value is -4.25. The second kappa shape index (κ2) is 9.56. The topological polar surface area (TPSA) is 120 Å². The van der Waals surface area contributed by atoms with Crippen LogP contribution in [0.4, 0.5) is 4.79 Å². The van der Waals surface area contributed by atoms with Crippen molar-refractivity contribution in [2.45, 2.75) is 25.0 Å². The Balaban J connectivity index is 1.28. The number of aromatic nitrogens is 1. The first-order valence-electron chi connectivity index (χ1n) is 12.3. The highest BCUT2D eigenvalue weighted by atomic mass is 32.1. The number of carboxylic acid groups (broad SMARTS) is 1. The van der Waals surface area contributed by atoms with Crippen molar-refractivity contribution in [2.24, 2.45) is 0 Å². The summed E-state index contributed by atoms with van der Waals surface area (Å²) in [5.74, 6) is -0.453. The van der Waals surface area contributed by atoms with E-state index in [2.05, 4.69) is 4.98 Å². The highest BCUT2D eigenvalue weighted by Gasteiger charge is 2.42. The molecule has 10 nitrogen and oxygen atoms in total. The van der Waals surface area contributed by atoms with Gasteiger partial charge in [-0.15, -0.1) is 11.3 Å². The molecule has 0 aliphatic carbocycles. The van der Waals surface area contributed by atoms with Crippen LogP contribution in [0.2, 0.25) is 0 Å². The second-order valence-electron chi connectivity index (χ2n) is 9.48. The van der Waals surface area contributed by atoms with Crippen molar-refractivity contribution in [3.05, 3.63) is 81.3 Å². The number of imide groups is 1. The van der Waals surface area contributed by atoms with E-state index in [1.807, 2.05) is 12.1 Å². The van der Waals surface area contributed by atoms with E-state index in [1.54, 1.807) is 46.9 Å². The first-order valence-corrected chi connectivity index (χ1v) is 13.2. The van der Waals surface area contributed by atoms with Gasteiger partial charge in [0.15, 0.2) is 0 Å². The summed E-state index contributed by atoms with van der Waals surface area (Å²) in [6.07, 6.45) is 1.25. The average Bonchev–Trinajstić information content (AvgIpc) is 3.67. The molecule has 38 heavy (non-hydrogen) atoms. The van der Waals surface area contributed by atoms with E-state index < -0.39 is 23.9 Å². The van der Waals surface area contributed by atoms with Gasteiger partial charge in [0.25, 0.3) is 17.7 Å². The van der Waals surface area contributed by atoms with Crippen molar-refractivity contribution in [3.8, 4) is 5.75 Å². The van der Waals surface area contributed by atoms with Crippen LogP contribution in [0.25, 0.3) is 0 Å². The number of benzene rings is 2. The zero-order valence-electron chi connectivity index (χ0n) is 20.3. The predicted molar refractivity (Wildman–Crippen MR) is 136 cm³/mol. The summed E-state index contributed by atoms with van der Waals surface area (Å²) in [6, 6.07) is 11.4. The molecular formula is C27H24N4O6S. The Bertz CT molecular complexity index is 1410. The highest BCUT2D eigenvalue weighted by Crippen LogP contribution is 2.39. The number of nitrogens with zero attached hydrogens (tertiary/aromatic N) is 4. The number of hydrogen-bond donors (Lipinski definition) is 1. The summed E-state index contributed by atoms with van der Waals surface area (Å²) in [4.78, 5) is 59.9.